The van der Waals surface area contributed by atoms with Gasteiger partial charge in [-0.1, -0.05) is 13.3 Å². The molecule has 6 heteroatoms. The van der Waals surface area contributed by atoms with Gasteiger partial charge in [0.05, 0.1) is 31.9 Å². The van der Waals surface area contributed by atoms with E-state index in [4.69, 9.17) is 15.2 Å². The molecule has 1 saturated heterocycles. The van der Waals surface area contributed by atoms with Gasteiger partial charge >= 0.3 is 0 Å². The van der Waals surface area contributed by atoms with E-state index in [-0.39, 0.29) is 18.6 Å². The number of rotatable bonds is 7. The summed E-state index contributed by atoms with van der Waals surface area (Å²) in [6.45, 7) is 3.28. The second kappa shape index (κ2) is 8.06. The van der Waals surface area contributed by atoms with E-state index in [1.807, 2.05) is 0 Å². The van der Waals surface area contributed by atoms with Crippen molar-refractivity contribution in [1.82, 2.24) is 4.90 Å². The van der Waals surface area contributed by atoms with Gasteiger partial charge in [0.15, 0.2) is 11.5 Å². The molecule has 128 valence electrons. The molecular formula is C17H26N2O4. The minimum Gasteiger partial charge on any atom is -0.493 e. The maximum absolute atomic E-state index is 12.7. The fourth-order valence-corrected chi connectivity index (χ4v) is 2.81. The summed E-state index contributed by atoms with van der Waals surface area (Å²) in [5.41, 5.74) is 6.82. The first-order valence-electron chi connectivity index (χ1n) is 8.14. The Morgan fingerprint density at radius 3 is 2.87 bits per heavy atom. The van der Waals surface area contributed by atoms with Crippen molar-refractivity contribution < 1.29 is 19.4 Å². The molecule has 0 saturated carbocycles. The number of unbranched alkanes of at least 4 members (excludes halogenated alkanes) is 1. The van der Waals surface area contributed by atoms with Crippen molar-refractivity contribution in [1.29, 1.82) is 0 Å². The number of nitrogen functional groups attached to an aromatic ring is 1. The van der Waals surface area contributed by atoms with Crippen LogP contribution in [0.5, 0.6) is 11.5 Å². The Hall–Kier alpha value is -1.95. The molecule has 1 aliphatic rings. The molecule has 0 radical (unpaired) electrons. The van der Waals surface area contributed by atoms with Gasteiger partial charge in [0.25, 0.3) is 5.91 Å². The molecule has 1 aromatic rings. The smallest absolute Gasteiger partial charge is 0.256 e. The molecule has 0 bridgehead atoms. The van der Waals surface area contributed by atoms with Gasteiger partial charge in [0, 0.05) is 18.3 Å². The van der Waals surface area contributed by atoms with E-state index in [0.717, 1.165) is 25.7 Å². The first kappa shape index (κ1) is 17.4. The first-order valence-corrected chi connectivity index (χ1v) is 8.14. The van der Waals surface area contributed by atoms with Crippen LogP contribution in [0.1, 0.15) is 43.0 Å². The number of carbonyl (C=O) groups is 1. The van der Waals surface area contributed by atoms with E-state index in [2.05, 4.69) is 6.92 Å². The lowest BCUT2D eigenvalue weighted by atomic mass is 10.1. The first-order chi connectivity index (χ1) is 11.1. The molecule has 1 aromatic carbocycles. The molecular weight excluding hydrogens is 296 g/mol. The number of hydrogen-bond donors (Lipinski definition) is 2. The van der Waals surface area contributed by atoms with Gasteiger partial charge in [-0.15, -0.1) is 0 Å². The summed E-state index contributed by atoms with van der Waals surface area (Å²) in [6.07, 6.45) is 3.69. The molecule has 0 aromatic heterocycles. The lowest BCUT2D eigenvalue weighted by molar-refractivity contribution is 0.0678. The topological polar surface area (TPSA) is 85.0 Å². The van der Waals surface area contributed by atoms with Gasteiger partial charge in [-0.05, 0) is 25.3 Å². The predicted molar refractivity (Wildman–Crippen MR) is 89.0 cm³/mol. The van der Waals surface area contributed by atoms with Crippen molar-refractivity contribution in [2.24, 2.45) is 0 Å². The molecule has 1 aliphatic heterocycles. The van der Waals surface area contributed by atoms with Gasteiger partial charge in [0.2, 0.25) is 0 Å². The van der Waals surface area contributed by atoms with Crippen molar-refractivity contribution in [3.8, 4) is 11.5 Å². The highest BCUT2D eigenvalue weighted by atomic mass is 16.5. The largest absolute Gasteiger partial charge is 0.493 e. The second-order valence-electron chi connectivity index (χ2n) is 5.77. The molecule has 1 atom stereocenters. The summed E-state index contributed by atoms with van der Waals surface area (Å²) in [5, 5.41) is 9.40. The van der Waals surface area contributed by atoms with Crippen LogP contribution in [0.4, 0.5) is 5.69 Å². The van der Waals surface area contributed by atoms with E-state index < -0.39 is 0 Å². The molecule has 0 unspecified atom stereocenters. The number of hydrogen-bond acceptors (Lipinski definition) is 5. The second-order valence-corrected chi connectivity index (χ2v) is 5.77. The van der Waals surface area contributed by atoms with Gasteiger partial charge in [-0.2, -0.15) is 0 Å². The normalized spacial score (nSPS) is 17.3. The van der Waals surface area contributed by atoms with Crippen molar-refractivity contribution in [2.75, 3.05) is 32.6 Å². The van der Waals surface area contributed by atoms with E-state index in [0.29, 0.717) is 35.9 Å². The van der Waals surface area contributed by atoms with Crippen LogP contribution in [0.2, 0.25) is 0 Å². The highest BCUT2D eigenvalue weighted by Crippen LogP contribution is 2.34. The SMILES string of the molecule is CCCCOc1cc(N)c(C(=O)N2CCC[C@H]2CO)cc1OC. The Morgan fingerprint density at radius 1 is 1.43 bits per heavy atom. The Kier molecular flexibility index (Phi) is 6.10. The monoisotopic (exact) mass is 322 g/mol. The Labute approximate surface area is 137 Å². The van der Waals surface area contributed by atoms with Gasteiger partial charge in [0.1, 0.15) is 0 Å². The number of aliphatic hydroxyl groups excluding tert-OH is 1. The highest BCUT2D eigenvalue weighted by Gasteiger charge is 2.30. The Morgan fingerprint density at radius 2 is 2.22 bits per heavy atom. The summed E-state index contributed by atoms with van der Waals surface area (Å²) >= 11 is 0. The number of likely N-dealkylation sites (tertiary alicyclic amines) is 1. The van der Waals surface area contributed by atoms with E-state index in [1.54, 1.807) is 24.1 Å². The summed E-state index contributed by atoms with van der Waals surface area (Å²) < 4.78 is 11.0. The maximum Gasteiger partial charge on any atom is 0.256 e. The van der Waals surface area contributed by atoms with Crippen molar-refractivity contribution in [3.63, 3.8) is 0 Å². The molecule has 0 aliphatic carbocycles. The zero-order valence-corrected chi connectivity index (χ0v) is 13.9. The minimum absolute atomic E-state index is 0.0268. The van der Waals surface area contributed by atoms with Crippen LogP contribution in [-0.2, 0) is 0 Å². The van der Waals surface area contributed by atoms with Crippen molar-refractivity contribution in [2.45, 2.75) is 38.6 Å². The zero-order chi connectivity index (χ0) is 16.8. The molecule has 1 fully saturated rings. The number of ether oxygens (including phenoxy) is 2. The molecule has 23 heavy (non-hydrogen) atoms. The average molecular weight is 322 g/mol. The van der Waals surface area contributed by atoms with Crippen LogP contribution in [0.3, 0.4) is 0 Å². The summed E-state index contributed by atoms with van der Waals surface area (Å²) in [6, 6.07) is 3.14. The lowest BCUT2D eigenvalue weighted by Gasteiger charge is -2.24. The third kappa shape index (κ3) is 3.88. The molecule has 1 amide bonds. The van der Waals surface area contributed by atoms with E-state index >= 15 is 0 Å². The van der Waals surface area contributed by atoms with Crippen LogP contribution in [-0.4, -0.2) is 48.8 Å². The molecule has 2 rings (SSSR count). The van der Waals surface area contributed by atoms with Crippen LogP contribution >= 0.6 is 0 Å². The molecule has 3 N–H and O–H groups in total. The molecule has 6 nitrogen and oxygen atoms in total. The third-order valence-electron chi connectivity index (χ3n) is 4.17. The highest BCUT2D eigenvalue weighted by molar-refractivity contribution is 6.00. The maximum atomic E-state index is 12.7. The summed E-state index contributed by atoms with van der Waals surface area (Å²) in [7, 11) is 1.54. The molecule has 0 spiro atoms. The number of benzene rings is 1. The van der Waals surface area contributed by atoms with Crippen LogP contribution in [0, 0.1) is 0 Å². The Balaban J connectivity index is 2.23. The number of aliphatic hydroxyl groups is 1. The number of nitrogens with two attached hydrogens (primary N) is 1. The Bertz CT molecular complexity index is 548. The van der Waals surface area contributed by atoms with Gasteiger partial charge in [-0.3, -0.25) is 4.79 Å². The average Bonchev–Trinajstić information content (AvgIpc) is 3.03. The number of methoxy groups -OCH3 is 1. The fourth-order valence-electron chi connectivity index (χ4n) is 2.81. The predicted octanol–water partition coefficient (Wildman–Crippen LogP) is 2.05. The van der Waals surface area contributed by atoms with Crippen LogP contribution in [0.25, 0.3) is 0 Å². The number of carbonyl (C=O) groups excluding carboxylic acids is 1. The van der Waals surface area contributed by atoms with Gasteiger partial charge < -0.3 is 25.2 Å². The zero-order valence-electron chi connectivity index (χ0n) is 13.9. The molecule has 1 heterocycles. The van der Waals surface area contributed by atoms with Gasteiger partial charge in [-0.25, -0.2) is 0 Å². The standard InChI is InChI=1S/C17H26N2O4/c1-3-4-8-23-16-10-14(18)13(9-15(16)22-2)17(21)19-7-5-6-12(19)11-20/h9-10,12,20H,3-8,11,18H2,1-2H3/t12-/m0/s1. The quantitative estimate of drug-likeness (QED) is 0.593. The van der Waals surface area contributed by atoms with E-state index in [1.165, 1.54) is 0 Å². The number of anilines is 1. The number of amides is 1. The lowest BCUT2D eigenvalue weighted by Crippen LogP contribution is -2.38. The summed E-state index contributed by atoms with van der Waals surface area (Å²) in [4.78, 5) is 14.4. The van der Waals surface area contributed by atoms with Crippen molar-refractivity contribution >= 4 is 11.6 Å². The summed E-state index contributed by atoms with van der Waals surface area (Å²) in [5.74, 6) is 0.881. The minimum atomic E-state index is -0.169. The van der Waals surface area contributed by atoms with Crippen LogP contribution in [0.15, 0.2) is 12.1 Å². The van der Waals surface area contributed by atoms with E-state index in [9.17, 15) is 9.90 Å². The fraction of sp³-hybridized carbons (Fsp3) is 0.588. The van der Waals surface area contributed by atoms with Crippen molar-refractivity contribution in [3.05, 3.63) is 17.7 Å². The third-order valence-corrected chi connectivity index (χ3v) is 4.17. The van der Waals surface area contributed by atoms with Crippen LogP contribution < -0.4 is 15.2 Å². The number of nitrogens with zero attached hydrogens (tertiary/aromatic N) is 1.